The Morgan fingerprint density at radius 1 is 0.931 bits per heavy atom. The van der Waals surface area contributed by atoms with Gasteiger partial charge in [0.15, 0.2) is 5.75 Å². The van der Waals surface area contributed by atoms with Gasteiger partial charge in [0.1, 0.15) is 10.6 Å². The summed E-state index contributed by atoms with van der Waals surface area (Å²) >= 11 is 0. The Morgan fingerprint density at radius 3 is 2.10 bits per heavy atom. The van der Waals surface area contributed by atoms with Crippen molar-refractivity contribution < 1.29 is 52.4 Å². The van der Waals surface area contributed by atoms with E-state index in [0.29, 0.717) is 17.7 Å². The molecule has 0 bridgehead atoms. The minimum absolute atomic E-state index is 0. The van der Waals surface area contributed by atoms with E-state index in [1.165, 1.54) is 38.2 Å². The number of para-hydroxylation sites is 1. The van der Waals surface area contributed by atoms with Crippen LogP contribution in [0.3, 0.4) is 0 Å². The summed E-state index contributed by atoms with van der Waals surface area (Å²) in [4.78, 5) is -0.474. The molecule has 2 rings (SSSR count). The van der Waals surface area contributed by atoms with Crippen molar-refractivity contribution in [1.82, 2.24) is 0 Å². The van der Waals surface area contributed by atoms with Crippen molar-refractivity contribution in [2.45, 2.75) is 69.6 Å². The number of ether oxygens (including phenoxy) is 1. The summed E-state index contributed by atoms with van der Waals surface area (Å²) in [5.74, 6) is 0.0297. The van der Waals surface area contributed by atoms with Gasteiger partial charge in [0, 0.05) is 0 Å². The third-order valence-corrected chi connectivity index (χ3v) is 5.51. The minimum Gasteiger partial charge on any atom is -0.872 e. The molecule has 0 aliphatic rings. The van der Waals surface area contributed by atoms with E-state index in [1.807, 2.05) is 6.07 Å². The van der Waals surface area contributed by atoms with Gasteiger partial charge in [-0.1, -0.05) is 76.1 Å². The molecule has 0 saturated heterocycles. The second-order valence-electron chi connectivity index (χ2n) is 7.02. The maximum absolute atomic E-state index is 12.0. The molecule has 2 aromatic carbocycles. The molecule has 5 nitrogen and oxygen atoms in total. The van der Waals surface area contributed by atoms with E-state index < -0.39 is 20.8 Å². The van der Waals surface area contributed by atoms with Gasteiger partial charge < -0.3 is 9.84 Å². The number of benzene rings is 2. The Bertz CT molecular complexity index is 838. The predicted molar refractivity (Wildman–Crippen MR) is 109 cm³/mol. The molecule has 0 amide bonds. The van der Waals surface area contributed by atoms with Gasteiger partial charge in [-0.05, 0) is 36.6 Å². The van der Waals surface area contributed by atoms with E-state index in [9.17, 15) is 18.1 Å². The molecule has 0 spiro atoms. The van der Waals surface area contributed by atoms with Crippen LogP contribution in [-0.4, -0.2) is 13.0 Å². The second kappa shape index (κ2) is 13.3. The average molecular weight is 429 g/mol. The van der Waals surface area contributed by atoms with Crippen molar-refractivity contribution in [1.29, 1.82) is 0 Å². The average Bonchev–Trinajstić information content (AvgIpc) is 2.65. The maximum Gasteiger partial charge on any atom is 1.00 e. The summed E-state index contributed by atoms with van der Waals surface area (Å²) in [6.07, 6.45) is 9.65. The molecule has 1 N–H and O–H groups in total. The van der Waals surface area contributed by atoms with E-state index in [2.05, 4.69) is 6.92 Å². The van der Waals surface area contributed by atoms with Gasteiger partial charge in [-0.2, -0.15) is 8.42 Å². The minimum atomic E-state index is -4.57. The van der Waals surface area contributed by atoms with E-state index >= 15 is 0 Å². The zero-order valence-electron chi connectivity index (χ0n) is 17.4. The van der Waals surface area contributed by atoms with Crippen LogP contribution < -0.4 is 39.4 Å². The molecule has 7 heteroatoms. The molecule has 0 aliphatic heterocycles. The van der Waals surface area contributed by atoms with Gasteiger partial charge in [-0.25, -0.2) is 0 Å². The summed E-state index contributed by atoms with van der Waals surface area (Å²) in [5.41, 5.74) is 0.509. The zero-order chi connectivity index (χ0) is 20.4. The molecule has 29 heavy (non-hydrogen) atoms. The molecular weight excluding hydrogens is 399 g/mol. The third kappa shape index (κ3) is 9.09. The van der Waals surface area contributed by atoms with Crippen molar-refractivity contribution in [3.05, 3.63) is 48.0 Å². The molecule has 0 fully saturated rings. The SMILES string of the molecule is CCCCCCCCCCc1cc([O-])cc(S(=O)(=O)O)c1Oc1ccccc1.[Na+]. The van der Waals surface area contributed by atoms with Gasteiger partial charge in [0.25, 0.3) is 10.1 Å². The first kappa shape index (κ1) is 26.0. The van der Waals surface area contributed by atoms with Gasteiger partial charge in [-0.3, -0.25) is 4.55 Å². The van der Waals surface area contributed by atoms with E-state index in [1.54, 1.807) is 24.3 Å². The predicted octanol–water partition coefficient (Wildman–Crippen LogP) is 2.49. The van der Waals surface area contributed by atoms with Crippen molar-refractivity contribution in [3.63, 3.8) is 0 Å². The molecule has 0 atom stereocenters. The monoisotopic (exact) mass is 428 g/mol. The fourth-order valence-corrected chi connectivity index (χ4v) is 3.85. The fourth-order valence-electron chi connectivity index (χ4n) is 3.18. The number of hydrogen-bond donors (Lipinski definition) is 1. The third-order valence-electron chi connectivity index (χ3n) is 4.65. The first-order valence-corrected chi connectivity index (χ1v) is 11.4. The molecule has 0 aromatic heterocycles. The van der Waals surface area contributed by atoms with Crippen LogP contribution in [-0.2, 0) is 16.5 Å². The van der Waals surface area contributed by atoms with Crippen LogP contribution in [0.2, 0.25) is 0 Å². The Hall–Kier alpha value is -1.05. The van der Waals surface area contributed by atoms with Crippen molar-refractivity contribution in [3.8, 4) is 17.2 Å². The molecule has 0 radical (unpaired) electrons. The van der Waals surface area contributed by atoms with E-state index in [-0.39, 0.29) is 35.3 Å². The summed E-state index contributed by atoms with van der Waals surface area (Å²) in [6, 6.07) is 11.0. The van der Waals surface area contributed by atoms with Gasteiger partial charge in [0.2, 0.25) is 0 Å². The largest absolute Gasteiger partial charge is 1.00 e. The molecule has 2 aromatic rings. The van der Waals surface area contributed by atoms with E-state index in [0.717, 1.165) is 25.3 Å². The standard InChI is InChI=1S/C22H30O5S.Na/c1-2-3-4-5-6-7-8-10-13-18-16-19(23)17-21(28(24,25)26)22(18)27-20-14-11-9-12-15-20;/h9,11-12,14-17,23H,2-8,10,13H2,1H3,(H,24,25,26);/q;+1/p-1. The van der Waals surface area contributed by atoms with Crippen LogP contribution in [0.1, 0.15) is 63.9 Å². The molecule has 0 heterocycles. The van der Waals surface area contributed by atoms with Crippen LogP contribution >= 0.6 is 0 Å². The zero-order valence-corrected chi connectivity index (χ0v) is 20.2. The quantitative estimate of drug-likeness (QED) is 0.319. The van der Waals surface area contributed by atoms with Gasteiger partial charge in [0.05, 0.1) is 0 Å². The van der Waals surface area contributed by atoms with Crippen molar-refractivity contribution in [2.24, 2.45) is 0 Å². The van der Waals surface area contributed by atoms with Crippen molar-refractivity contribution in [2.75, 3.05) is 0 Å². The number of unbranched alkanes of at least 4 members (excludes halogenated alkanes) is 7. The second-order valence-corrected chi connectivity index (χ2v) is 8.41. The summed E-state index contributed by atoms with van der Waals surface area (Å²) < 4.78 is 38.9. The molecule has 0 aliphatic carbocycles. The van der Waals surface area contributed by atoms with Crippen LogP contribution in [0.15, 0.2) is 47.4 Å². The smallest absolute Gasteiger partial charge is 0.872 e. The van der Waals surface area contributed by atoms with Gasteiger partial charge in [-0.15, -0.1) is 5.75 Å². The maximum atomic E-state index is 12.0. The summed E-state index contributed by atoms with van der Waals surface area (Å²) in [5, 5.41) is 12.0. The molecular formula is C22H29NaO5S. The van der Waals surface area contributed by atoms with Crippen LogP contribution in [0.25, 0.3) is 0 Å². The van der Waals surface area contributed by atoms with Crippen molar-refractivity contribution >= 4 is 10.1 Å². The normalized spacial score (nSPS) is 11.1. The molecule has 0 saturated carbocycles. The van der Waals surface area contributed by atoms with Crippen LogP contribution in [0, 0.1) is 0 Å². The van der Waals surface area contributed by atoms with Gasteiger partial charge >= 0.3 is 29.6 Å². The molecule has 154 valence electrons. The Morgan fingerprint density at radius 2 is 1.52 bits per heavy atom. The summed E-state index contributed by atoms with van der Waals surface area (Å²) in [7, 11) is -4.57. The Balaban J connectivity index is 0.00000420. The van der Waals surface area contributed by atoms with Crippen LogP contribution in [0.5, 0.6) is 17.2 Å². The number of aryl methyl sites for hydroxylation is 1. The summed E-state index contributed by atoms with van der Waals surface area (Å²) in [6.45, 7) is 2.19. The first-order valence-electron chi connectivity index (χ1n) is 9.96. The van der Waals surface area contributed by atoms with Crippen LogP contribution in [0.4, 0.5) is 0 Å². The topological polar surface area (TPSA) is 86.7 Å². The fraction of sp³-hybridized carbons (Fsp3) is 0.455. The number of rotatable bonds is 12. The molecule has 0 unspecified atom stereocenters. The Labute approximate surface area is 196 Å². The van der Waals surface area contributed by atoms with E-state index in [4.69, 9.17) is 4.74 Å². The first-order chi connectivity index (χ1) is 13.4. The Kier molecular flexibility index (Phi) is 11.9. The number of hydrogen-bond acceptors (Lipinski definition) is 4.